The maximum atomic E-state index is 13.8. The number of rotatable bonds is 3. The molecule has 2 aromatic heterocycles. The minimum absolute atomic E-state index is 0.0548. The molecule has 0 spiro atoms. The Kier molecular flexibility index (Phi) is 4.73. The van der Waals surface area contributed by atoms with Crippen LogP contribution < -0.4 is 19.6 Å². The number of ether oxygens (including phenoxy) is 1. The summed E-state index contributed by atoms with van der Waals surface area (Å²) in [4.78, 5) is 32.0. The average molecular weight is 485 g/mol. The van der Waals surface area contributed by atoms with Crippen LogP contribution in [0.25, 0.3) is 11.8 Å². The van der Waals surface area contributed by atoms with Crippen LogP contribution in [0.1, 0.15) is 42.4 Å². The molecule has 4 aromatic rings. The van der Waals surface area contributed by atoms with Gasteiger partial charge >= 0.3 is 0 Å². The van der Waals surface area contributed by atoms with Gasteiger partial charge in [0.25, 0.3) is 5.56 Å². The van der Waals surface area contributed by atoms with Crippen LogP contribution >= 0.6 is 11.3 Å². The molecule has 0 amide bonds. The summed E-state index contributed by atoms with van der Waals surface area (Å²) >= 11 is 1.32. The van der Waals surface area contributed by atoms with Crippen molar-refractivity contribution in [3.63, 3.8) is 0 Å². The largest absolute Gasteiger partial charge is 0.465 e. The van der Waals surface area contributed by atoms with Gasteiger partial charge in [-0.25, -0.2) is 9.67 Å². The number of carbonyl (C=O) groups is 1. The molecule has 0 radical (unpaired) electrons. The third-order valence-corrected chi connectivity index (χ3v) is 7.92. The van der Waals surface area contributed by atoms with Gasteiger partial charge in [-0.2, -0.15) is 5.10 Å². The molecule has 0 fully saturated rings. The third-order valence-electron chi connectivity index (χ3n) is 6.94. The molecular formula is C27H24N4O3S. The van der Waals surface area contributed by atoms with Crippen LogP contribution in [0, 0.1) is 19.8 Å². The molecule has 176 valence electrons. The summed E-state index contributed by atoms with van der Waals surface area (Å²) in [5, 5.41) is 4.71. The predicted octanol–water partition coefficient (Wildman–Crippen LogP) is 3.08. The lowest BCUT2D eigenvalue weighted by Crippen LogP contribution is -2.58. The fourth-order valence-corrected chi connectivity index (χ4v) is 6.45. The van der Waals surface area contributed by atoms with Crippen molar-refractivity contribution in [1.29, 1.82) is 0 Å². The Balaban J connectivity index is 1.58. The van der Waals surface area contributed by atoms with Crippen LogP contribution in [0.3, 0.4) is 0 Å². The zero-order valence-corrected chi connectivity index (χ0v) is 20.7. The second kappa shape index (κ2) is 7.61. The molecule has 3 atom stereocenters. The Morgan fingerprint density at radius 2 is 1.83 bits per heavy atom. The van der Waals surface area contributed by atoms with Crippen LogP contribution in [0.5, 0.6) is 5.75 Å². The molecular weight excluding hydrogens is 460 g/mol. The number of carbonyl (C=O) groups excluding carboxylic acids is 1. The van der Waals surface area contributed by atoms with E-state index in [1.165, 1.54) is 11.3 Å². The normalized spacial score (nSPS) is 22.7. The first-order valence-corrected chi connectivity index (χ1v) is 12.3. The summed E-state index contributed by atoms with van der Waals surface area (Å²) in [5.74, 6) is 0.0153. The maximum absolute atomic E-state index is 13.8. The summed E-state index contributed by atoms with van der Waals surface area (Å²) in [6.07, 6.45) is 1.90. The highest BCUT2D eigenvalue weighted by Gasteiger charge is 2.53. The van der Waals surface area contributed by atoms with Gasteiger partial charge < -0.3 is 4.74 Å². The van der Waals surface area contributed by atoms with E-state index in [0.717, 1.165) is 28.2 Å². The Bertz CT molecular complexity index is 1680. The van der Waals surface area contributed by atoms with E-state index in [4.69, 9.17) is 14.8 Å². The number of hydrogen-bond acceptors (Lipinski definition) is 6. The van der Waals surface area contributed by atoms with E-state index in [1.54, 1.807) is 11.5 Å². The van der Waals surface area contributed by atoms with Gasteiger partial charge in [0.2, 0.25) is 5.72 Å². The minimum Gasteiger partial charge on any atom is -0.465 e. The maximum Gasteiger partial charge on any atom is 0.270 e. The second-order valence-corrected chi connectivity index (χ2v) is 10.2. The third kappa shape index (κ3) is 3.16. The van der Waals surface area contributed by atoms with Crippen molar-refractivity contribution in [2.75, 3.05) is 0 Å². The van der Waals surface area contributed by atoms with E-state index in [9.17, 15) is 9.59 Å². The van der Waals surface area contributed by atoms with Crippen molar-refractivity contribution in [1.82, 2.24) is 14.3 Å². The predicted molar refractivity (Wildman–Crippen MR) is 134 cm³/mol. The molecule has 0 aliphatic carbocycles. The standard InChI is InChI=1S/C27H24N4O3S/c1-15-20(16(2)31(29-15)18-10-6-5-7-11-18)14-22-25(33)30-24-19-12-8-9-13-21(19)34-27(4,23(24)17(3)32)28-26(30)35-22/h5-14,23-24H,1-4H3. The summed E-state index contributed by atoms with van der Waals surface area (Å²) in [7, 11) is 0. The molecule has 2 bridgehead atoms. The topological polar surface area (TPSA) is 78.5 Å². The number of aryl methyl sites for hydroxylation is 1. The van der Waals surface area contributed by atoms with Crippen LogP contribution in [0.2, 0.25) is 0 Å². The smallest absolute Gasteiger partial charge is 0.270 e. The first kappa shape index (κ1) is 21.7. The van der Waals surface area contributed by atoms with Gasteiger partial charge in [-0.05, 0) is 52.0 Å². The quantitative estimate of drug-likeness (QED) is 0.448. The van der Waals surface area contributed by atoms with Crippen molar-refractivity contribution >= 4 is 23.2 Å². The minimum atomic E-state index is -1.07. The molecule has 4 heterocycles. The van der Waals surface area contributed by atoms with E-state index >= 15 is 0 Å². The average Bonchev–Trinajstić information content (AvgIpc) is 3.28. The number of nitrogens with zero attached hydrogens (tertiary/aromatic N) is 4. The van der Waals surface area contributed by atoms with E-state index in [1.807, 2.05) is 86.1 Å². The van der Waals surface area contributed by atoms with E-state index in [-0.39, 0.29) is 11.3 Å². The van der Waals surface area contributed by atoms with E-state index < -0.39 is 17.7 Å². The first-order chi connectivity index (χ1) is 16.8. The molecule has 0 saturated heterocycles. The molecule has 8 heteroatoms. The molecule has 35 heavy (non-hydrogen) atoms. The number of fused-ring (bicyclic) bond motifs is 6. The summed E-state index contributed by atoms with van der Waals surface area (Å²) in [6.45, 7) is 7.32. The van der Waals surface area contributed by atoms with Crippen LogP contribution in [0.4, 0.5) is 0 Å². The highest BCUT2D eigenvalue weighted by molar-refractivity contribution is 7.07. The number of ketones is 1. The van der Waals surface area contributed by atoms with Gasteiger partial charge in [-0.1, -0.05) is 47.7 Å². The van der Waals surface area contributed by atoms with Crippen molar-refractivity contribution in [2.24, 2.45) is 10.9 Å². The monoisotopic (exact) mass is 484 g/mol. The van der Waals surface area contributed by atoms with Gasteiger partial charge in [0.1, 0.15) is 17.5 Å². The summed E-state index contributed by atoms with van der Waals surface area (Å²) < 4.78 is 10.4. The zero-order chi connectivity index (χ0) is 24.5. The van der Waals surface area contributed by atoms with Crippen LogP contribution in [-0.4, -0.2) is 25.9 Å². The zero-order valence-electron chi connectivity index (χ0n) is 19.9. The second-order valence-electron chi connectivity index (χ2n) is 9.24. The number of hydrogen-bond donors (Lipinski definition) is 0. The van der Waals surface area contributed by atoms with Crippen LogP contribution in [-0.2, 0) is 4.79 Å². The van der Waals surface area contributed by atoms with Crippen LogP contribution in [0.15, 0.2) is 64.4 Å². The molecule has 3 unspecified atom stereocenters. The van der Waals surface area contributed by atoms with Crippen molar-refractivity contribution in [2.45, 2.75) is 39.5 Å². The molecule has 2 aromatic carbocycles. The Morgan fingerprint density at radius 1 is 1.11 bits per heavy atom. The summed E-state index contributed by atoms with van der Waals surface area (Å²) in [5.41, 5.74) is 3.25. The van der Waals surface area contributed by atoms with Crippen molar-refractivity contribution in [3.8, 4) is 11.4 Å². The van der Waals surface area contributed by atoms with Gasteiger partial charge in [0.05, 0.1) is 22.0 Å². The lowest BCUT2D eigenvalue weighted by atomic mass is 9.79. The number of para-hydroxylation sites is 2. The Labute approximate surface area is 205 Å². The first-order valence-electron chi connectivity index (χ1n) is 11.5. The number of Topliss-reactive ketones (excluding diaryl/α,β-unsaturated/α-hetero) is 1. The molecule has 6 rings (SSSR count). The van der Waals surface area contributed by atoms with E-state index in [0.29, 0.717) is 15.1 Å². The lowest BCUT2D eigenvalue weighted by Gasteiger charge is -2.45. The Morgan fingerprint density at radius 3 is 2.57 bits per heavy atom. The van der Waals surface area contributed by atoms with Crippen molar-refractivity contribution in [3.05, 3.63) is 96.8 Å². The molecule has 2 aliphatic rings. The Hall–Kier alpha value is -3.78. The molecule has 0 N–H and O–H groups in total. The van der Waals surface area contributed by atoms with Gasteiger partial charge in [-0.15, -0.1) is 0 Å². The highest BCUT2D eigenvalue weighted by atomic mass is 32.1. The molecule has 0 saturated carbocycles. The number of aromatic nitrogens is 3. The number of benzene rings is 2. The number of thiazole rings is 1. The van der Waals surface area contributed by atoms with E-state index in [2.05, 4.69) is 0 Å². The fraction of sp³-hybridized carbons (Fsp3) is 0.259. The van der Waals surface area contributed by atoms with Gasteiger partial charge in [0.15, 0.2) is 4.80 Å². The van der Waals surface area contributed by atoms with Gasteiger partial charge in [0, 0.05) is 16.8 Å². The van der Waals surface area contributed by atoms with Gasteiger partial charge in [-0.3, -0.25) is 14.2 Å². The highest BCUT2D eigenvalue weighted by Crippen LogP contribution is 2.47. The fourth-order valence-electron chi connectivity index (χ4n) is 5.37. The molecule has 2 aliphatic heterocycles. The SMILES string of the molecule is CC(=O)C1C2c3ccccc3OC1(C)N=c1sc(=Cc3c(C)nn(-c4ccccc4)c3C)c(=O)n12. The lowest BCUT2D eigenvalue weighted by molar-refractivity contribution is -0.132. The summed E-state index contributed by atoms with van der Waals surface area (Å²) in [6, 6.07) is 17.0. The molecule has 7 nitrogen and oxygen atoms in total. The van der Waals surface area contributed by atoms with Crippen molar-refractivity contribution < 1.29 is 9.53 Å².